The van der Waals surface area contributed by atoms with Crippen molar-refractivity contribution in [2.24, 2.45) is 5.41 Å². The van der Waals surface area contributed by atoms with Crippen LogP contribution in [0.3, 0.4) is 0 Å². The fourth-order valence-electron chi connectivity index (χ4n) is 4.27. The molecule has 8 nitrogen and oxygen atoms in total. The van der Waals surface area contributed by atoms with Crippen molar-refractivity contribution in [1.82, 2.24) is 10.3 Å². The molecule has 2 atom stereocenters. The fourth-order valence-corrected chi connectivity index (χ4v) is 4.27. The largest absolute Gasteiger partial charge is 0.493 e. The highest BCUT2D eigenvalue weighted by molar-refractivity contribution is 6.01. The number of pyridine rings is 1. The highest BCUT2D eigenvalue weighted by Crippen LogP contribution is 2.41. The summed E-state index contributed by atoms with van der Waals surface area (Å²) in [6.07, 6.45) is 2.98. The van der Waals surface area contributed by atoms with Crippen LogP contribution in [0.5, 0.6) is 11.5 Å². The van der Waals surface area contributed by atoms with E-state index in [1.54, 1.807) is 26.8 Å². The summed E-state index contributed by atoms with van der Waals surface area (Å²) < 4.78 is 30.2. The van der Waals surface area contributed by atoms with Crippen molar-refractivity contribution in [2.45, 2.75) is 70.9 Å². The smallest absolute Gasteiger partial charge is 0.332 e. The van der Waals surface area contributed by atoms with Crippen molar-refractivity contribution in [1.29, 1.82) is 0 Å². The van der Waals surface area contributed by atoms with E-state index >= 15 is 0 Å². The minimum atomic E-state index is -1.17. The molecular weight excluding hydrogens is 467 g/mol. The summed E-state index contributed by atoms with van der Waals surface area (Å²) >= 11 is 0. The maximum Gasteiger partial charge on any atom is 0.332 e. The normalized spacial score (nSPS) is 20.1. The second-order valence-electron chi connectivity index (χ2n) is 10.5. The lowest BCUT2D eigenvalue weighted by Gasteiger charge is -2.32. The Morgan fingerprint density at radius 1 is 1.17 bits per heavy atom. The van der Waals surface area contributed by atoms with Crippen LogP contribution in [-0.4, -0.2) is 41.6 Å². The highest BCUT2D eigenvalue weighted by Gasteiger charge is 2.54. The number of methoxy groups -OCH3 is 1. The molecule has 9 heteroatoms. The number of rotatable bonds is 6. The van der Waals surface area contributed by atoms with Crippen LogP contribution in [0.25, 0.3) is 0 Å². The van der Waals surface area contributed by atoms with Crippen molar-refractivity contribution < 1.29 is 33.0 Å². The van der Waals surface area contributed by atoms with Gasteiger partial charge in [0, 0.05) is 18.2 Å². The Labute approximate surface area is 209 Å². The number of halogens is 1. The van der Waals surface area contributed by atoms with Gasteiger partial charge in [0.15, 0.2) is 11.4 Å². The van der Waals surface area contributed by atoms with E-state index in [-0.39, 0.29) is 35.0 Å². The maximum absolute atomic E-state index is 13.6. The molecule has 0 spiro atoms. The Kier molecular flexibility index (Phi) is 6.77. The van der Waals surface area contributed by atoms with Crippen LogP contribution in [0, 0.1) is 11.2 Å². The Bertz CT molecular complexity index is 1200. The van der Waals surface area contributed by atoms with Gasteiger partial charge in [-0.2, -0.15) is 0 Å². The summed E-state index contributed by atoms with van der Waals surface area (Å²) in [6.45, 7) is 7.01. The van der Waals surface area contributed by atoms with Gasteiger partial charge in [0.25, 0.3) is 5.91 Å². The molecule has 2 aromatic rings. The van der Waals surface area contributed by atoms with E-state index in [1.165, 1.54) is 31.5 Å². The third-order valence-electron chi connectivity index (χ3n) is 6.71. The third kappa shape index (κ3) is 5.05. The number of carbonyl (C=O) groups is 3. The number of fused-ring (bicyclic) bond motifs is 1. The molecule has 1 fully saturated rings. The number of nitrogens with zero attached hydrogens (tertiary/aromatic N) is 1. The molecule has 36 heavy (non-hydrogen) atoms. The first-order chi connectivity index (χ1) is 16.9. The van der Waals surface area contributed by atoms with Crippen molar-refractivity contribution in [3.8, 4) is 11.5 Å². The average Bonchev–Trinajstić information content (AvgIpc) is 3.60. The number of carbonyl (C=O) groups excluding carboxylic acids is 3. The quantitative estimate of drug-likeness (QED) is 0.598. The first-order valence-corrected chi connectivity index (χ1v) is 12.0. The van der Waals surface area contributed by atoms with Gasteiger partial charge in [-0.25, -0.2) is 14.2 Å². The monoisotopic (exact) mass is 498 g/mol. The molecule has 1 saturated carbocycles. The molecule has 4 rings (SSSR count). The summed E-state index contributed by atoms with van der Waals surface area (Å²) in [6, 6.07) is 6.15. The zero-order valence-corrected chi connectivity index (χ0v) is 21.1. The predicted molar refractivity (Wildman–Crippen MR) is 128 cm³/mol. The van der Waals surface area contributed by atoms with E-state index in [2.05, 4.69) is 10.3 Å². The standard InChI is InChI=1S/C27H31FN2O6/c1-15-18-8-7-17(28)14-16(18)6-9-19(15)35-25(33)27(11-12-27)30-23(31)21-22(20(34-5)10-13-29-21)36-24(32)26(2,3)4/h7-8,10,13-15,19H,6,9,11-12H2,1-5H3,(H,30,31). The summed E-state index contributed by atoms with van der Waals surface area (Å²) in [5, 5.41) is 2.75. The van der Waals surface area contributed by atoms with Gasteiger partial charge in [-0.05, 0) is 69.7 Å². The van der Waals surface area contributed by atoms with Crippen molar-refractivity contribution >= 4 is 17.8 Å². The van der Waals surface area contributed by atoms with Gasteiger partial charge in [0.2, 0.25) is 5.75 Å². The molecule has 1 aromatic heterocycles. The van der Waals surface area contributed by atoms with Crippen molar-refractivity contribution in [3.05, 3.63) is 53.1 Å². The average molecular weight is 499 g/mol. The van der Waals surface area contributed by atoms with E-state index in [0.717, 1.165) is 11.1 Å². The van der Waals surface area contributed by atoms with Gasteiger partial charge in [-0.3, -0.25) is 9.59 Å². The van der Waals surface area contributed by atoms with Crippen LogP contribution >= 0.6 is 0 Å². The molecule has 1 N–H and O–H groups in total. The molecule has 0 bridgehead atoms. The number of aromatic nitrogens is 1. The van der Waals surface area contributed by atoms with Gasteiger partial charge >= 0.3 is 11.9 Å². The molecule has 192 valence electrons. The van der Waals surface area contributed by atoms with Gasteiger partial charge in [-0.1, -0.05) is 13.0 Å². The van der Waals surface area contributed by atoms with Crippen LogP contribution in [0.4, 0.5) is 4.39 Å². The van der Waals surface area contributed by atoms with E-state index in [9.17, 15) is 18.8 Å². The molecule has 0 radical (unpaired) electrons. The number of benzene rings is 1. The molecule has 0 saturated heterocycles. The van der Waals surface area contributed by atoms with E-state index in [0.29, 0.717) is 25.7 Å². The SMILES string of the molecule is COc1ccnc(C(=O)NC2(C(=O)OC3CCc4cc(F)ccc4C3C)CC2)c1OC(=O)C(C)(C)C. The van der Waals surface area contributed by atoms with Crippen molar-refractivity contribution in [2.75, 3.05) is 7.11 Å². The molecule has 0 aliphatic heterocycles. The Morgan fingerprint density at radius 2 is 1.89 bits per heavy atom. The lowest BCUT2D eigenvalue weighted by atomic mass is 9.81. The van der Waals surface area contributed by atoms with E-state index in [4.69, 9.17) is 14.2 Å². The van der Waals surface area contributed by atoms with E-state index in [1.807, 2.05) is 6.92 Å². The molecule has 1 amide bonds. The second kappa shape index (κ2) is 9.52. The van der Waals surface area contributed by atoms with Crippen LogP contribution < -0.4 is 14.8 Å². The highest BCUT2D eigenvalue weighted by atomic mass is 19.1. The summed E-state index contributed by atoms with van der Waals surface area (Å²) in [7, 11) is 1.39. The van der Waals surface area contributed by atoms with Gasteiger partial charge in [-0.15, -0.1) is 0 Å². The minimum Gasteiger partial charge on any atom is -0.493 e. The molecule has 2 aliphatic rings. The van der Waals surface area contributed by atoms with E-state index < -0.39 is 28.8 Å². The minimum absolute atomic E-state index is 0.103. The zero-order chi connectivity index (χ0) is 26.3. The van der Waals surface area contributed by atoms with Gasteiger partial charge in [0.05, 0.1) is 12.5 Å². The number of amides is 1. The van der Waals surface area contributed by atoms with Crippen molar-refractivity contribution in [3.63, 3.8) is 0 Å². The number of esters is 2. The Hall–Kier alpha value is -3.49. The summed E-state index contributed by atoms with van der Waals surface area (Å²) in [5.41, 5.74) is -0.272. The first-order valence-electron chi connectivity index (χ1n) is 12.0. The number of ether oxygens (including phenoxy) is 3. The topological polar surface area (TPSA) is 104 Å². The number of hydrogen-bond acceptors (Lipinski definition) is 7. The number of nitrogens with one attached hydrogen (secondary N) is 1. The molecule has 2 aliphatic carbocycles. The first kappa shape index (κ1) is 25.6. The lowest BCUT2D eigenvalue weighted by Crippen LogP contribution is -2.46. The Balaban J connectivity index is 1.49. The fraction of sp³-hybridized carbons (Fsp3) is 0.481. The van der Waals surface area contributed by atoms with Gasteiger partial charge < -0.3 is 19.5 Å². The van der Waals surface area contributed by atoms with Crippen LogP contribution in [0.1, 0.15) is 74.5 Å². The zero-order valence-electron chi connectivity index (χ0n) is 21.1. The third-order valence-corrected chi connectivity index (χ3v) is 6.71. The molecule has 1 aromatic carbocycles. The second-order valence-corrected chi connectivity index (χ2v) is 10.5. The summed E-state index contributed by atoms with van der Waals surface area (Å²) in [4.78, 5) is 43.0. The number of hydrogen-bond donors (Lipinski definition) is 1. The lowest BCUT2D eigenvalue weighted by molar-refractivity contribution is -0.154. The van der Waals surface area contributed by atoms with Gasteiger partial charge in [0.1, 0.15) is 17.5 Å². The number of aryl methyl sites for hydroxylation is 1. The molecular formula is C27H31FN2O6. The molecule has 2 unspecified atom stereocenters. The predicted octanol–water partition coefficient (Wildman–Crippen LogP) is 4.10. The maximum atomic E-state index is 13.6. The molecule has 1 heterocycles. The Morgan fingerprint density at radius 3 is 2.53 bits per heavy atom. The van der Waals surface area contributed by atoms with Crippen LogP contribution in [0.15, 0.2) is 30.5 Å². The summed E-state index contributed by atoms with van der Waals surface area (Å²) in [5.74, 6) is -2.07. The van der Waals surface area contributed by atoms with Crippen LogP contribution in [0.2, 0.25) is 0 Å². The van der Waals surface area contributed by atoms with Crippen LogP contribution in [-0.2, 0) is 20.7 Å².